The molecule has 116 valence electrons. The van der Waals surface area contributed by atoms with Crippen molar-refractivity contribution in [2.24, 2.45) is 17.6 Å². The van der Waals surface area contributed by atoms with Gasteiger partial charge < -0.3 is 11.1 Å². The molecule has 0 saturated carbocycles. The van der Waals surface area contributed by atoms with Gasteiger partial charge >= 0.3 is 6.18 Å². The van der Waals surface area contributed by atoms with Crippen molar-refractivity contribution in [1.82, 2.24) is 0 Å². The van der Waals surface area contributed by atoms with E-state index < -0.39 is 23.6 Å². The van der Waals surface area contributed by atoms with Crippen LogP contribution in [-0.2, 0) is 11.0 Å². The molecule has 1 unspecified atom stereocenters. The molecule has 0 aliphatic carbocycles. The van der Waals surface area contributed by atoms with Gasteiger partial charge in [-0.1, -0.05) is 37.7 Å². The number of halogens is 4. The summed E-state index contributed by atoms with van der Waals surface area (Å²) in [5.41, 5.74) is 4.46. The molecule has 1 aromatic rings. The van der Waals surface area contributed by atoms with E-state index in [1.165, 1.54) is 0 Å². The number of amides is 1. The molecule has 1 aromatic carbocycles. The van der Waals surface area contributed by atoms with Crippen LogP contribution in [0.2, 0.25) is 5.02 Å². The molecule has 0 bridgehead atoms. The van der Waals surface area contributed by atoms with Crippen molar-refractivity contribution in [3.05, 3.63) is 28.8 Å². The highest BCUT2D eigenvalue weighted by Crippen LogP contribution is 2.34. The summed E-state index contributed by atoms with van der Waals surface area (Å²) in [6.45, 7) is 3.47. The summed E-state index contributed by atoms with van der Waals surface area (Å²) in [6.07, 6.45) is -4.52. The molecule has 1 atom stereocenters. The van der Waals surface area contributed by atoms with E-state index in [0.717, 1.165) is 18.2 Å². The van der Waals surface area contributed by atoms with Crippen molar-refractivity contribution < 1.29 is 18.0 Å². The molecule has 0 spiro atoms. The lowest BCUT2D eigenvalue weighted by molar-refractivity contribution is -0.137. The van der Waals surface area contributed by atoms with Crippen molar-refractivity contribution >= 4 is 40.4 Å². The zero-order chi connectivity index (χ0) is 16.4. The maximum atomic E-state index is 12.7. The van der Waals surface area contributed by atoms with Gasteiger partial charge in [0.15, 0.2) is 0 Å². The van der Waals surface area contributed by atoms with Crippen molar-refractivity contribution in [2.75, 3.05) is 5.32 Å². The molecule has 0 fully saturated rings. The van der Waals surface area contributed by atoms with Gasteiger partial charge in [-0.25, -0.2) is 0 Å². The highest BCUT2D eigenvalue weighted by molar-refractivity contribution is 7.80. The minimum absolute atomic E-state index is 0.00166. The quantitative estimate of drug-likeness (QED) is 0.820. The first-order valence-corrected chi connectivity index (χ1v) is 6.79. The van der Waals surface area contributed by atoms with Crippen LogP contribution in [0.4, 0.5) is 18.9 Å². The minimum atomic E-state index is -4.52. The van der Waals surface area contributed by atoms with Gasteiger partial charge in [0.2, 0.25) is 5.91 Å². The molecule has 8 heteroatoms. The molecule has 0 aliphatic heterocycles. The summed E-state index contributed by atoms with van der Waals surface area (Å²) in [4.78, 5) is 12.1. The number of nitrogens with one attached hydrogen (secondary N) is 1. The Morgan fingerprint density at radius 2 is 1.95 bits per heavy atom. The normalized spacial score (nSPS) is 13.1. The lowest BCUT2D eigenvalue weighted by atomic mass is 9.95. The fourth-order valence-electron chi connectivity index (χ4n) is 1.77. The number of carbonyl (C=O) groups excluding carboxylic acids is 1. The van der Waals surface area contributed by atoms with E-state index in [1.807, 2.05) is 0 Å². The van der Waals surface area contributed by atoms with Crippen LogP contribution in [0.25, 0.3) is 0 Å². The molecule has 0 aromatic heterocycles. The topological polar surface area (TPSA) is 55.1 Å². The van der Waals surface area contributed by atoms with Crippen molar-refractivity contribution in [3.63, 3.8) is 0 Å². The number of alkyl halides is 3. The molecule has 0 aliphatic rings. The Hall–Kier alpha value is -1.34. The van der Waals surface area contributed by atoms with Crippen molar-refractivity contribution in [3.8, 4) is 0 Å². The molecule has 0 heterocycles. The average Bonchev–Trinajstić information content (AvgIpc) is 2.29. The van der Waals surface area contributed by atoms with Crippen molar-refractivity contribution in [2.45, 2.75) is 20.0 Å². The largest absolute Gasteiger partial charge is 0.416 e. The van der Waals surface area contributed by atoms with Gasteiger partial charge in [-0.3, -0.25) is 4.79 Å². The van der Waals surface area contributed by atoms with E-state index >= 15 is 0 Å². The third-order valence-corrected chi connectivity index (χ3v) is 3.39. The first kappa shape index (κ1) is 17.7. The highest BCUT2D eigenvalue weighted by atomic mass is 35.5. The molecular formula is C13H14ClF3N2OS. The first-order valence-electron chi connectivity index (χ1n) is 6.01. The van der Waals surface area contributed by atoms with E-state index in [0.29, 0.717) is 0 Å². The summed E-state index contributed by atoms with van der Waals surface area (Å²) in [6, 6.07) is 2.69. The van der Waals surface area contributed by atoms with Crippen LogP contribution < -0.4 is 11.1 Å². The number of thiocarbonyl (C=S) groups is 1. The Balaban J connectivity index is 3.07. The van der Waals surface area contributed by atoms with Crippen LogP contribution in [0.15, 0.2) is 18.2 Å². The fourth-order valence-corrected chi connectivity index (χ4v) is 2.31. The number of carbonyl (C=O) groups is 1. The van der Waals surface area contributed by atoms with Gasteiger partial charge in [0.25, 0.3) is 0 Å². The van der Waals surface area contributed by atoms with E-state index in [-0.39, 0.29) is 21.6 Å². The van der Waals surface area contributed by atoms with E-state index in [1.54, 1.807) is 13.8 Å². The van der Waals surface area contributed by atoms with Crippen LogP contribution in [0.1, 0.15) is 19.4 Å². The molecule has 1 rings (SSSR count). The summed E-state index contributed by atoms with van der Waals surface area (Å²) >= 11 is 10.6. The monoisotopic (exact) mass is 338 g/mol. The molecule has 0 radical (unpaired) electrons. The van der Waals surface area contributed by atoms with Crippen LogP contribution in [-0.4, -0.2) is 10.9 Å². The van der Waals surface area contributed by atoms with Gasteiger partial charge in [-0.05, 0) is 24.1 Å². The summed E-state index contributed by atoms with van der Waals surface area (Å²) < 4.78 is 38.0. The fraction of sp³-hybridized carbons (Fsp3) is 0.385. The number of nitrogens with two attached hydrogens (primary N) is 1. The van der Waals surface area contributed by atoms with Gasteiger partial charge in [-0.2, -0.15) is 13.2 Å². The third-order valence-electron chi connectivity index (χ3n) is 2.81. The zero-order valence-electron chi connectivity index (χ0n) is 11.3. The predicted octanol–water partition coefficient (Wildman–Crippen LogP) is 3.86. The second-order valence-corrected chi connectivity index (χ2v) is 5.68. The van der Waals surface area contributed by atoms with Gasteiger partial charge in [0.1, 0.15) is 0 Å². The number of benzene rings is 1. The average molecular weight is 339 g/mol. The summed E-state index contributed by atoms with van der Waals surface area (Å²) in [5.74, 6) is -1.56. The number of hydrogen-bond acceptors (Lipinski definition) is 2. The van der Waals surface area contributed by atoms with Gasteiger partial charge in [0.05, 0.1) is 27.2 Å². The minimum Gasteiger partial charge on any atom is -0.393 e. The van der Waals surface area contributed by atoms with Crippen molar-refractivity contribution in [1.29, 1.82) is 0 Å². The lowest BCUT2D eigenvalue weighted by Crippen LogP contribution is -2.36. The molecular weight excluding hydrogens is 325 g/mol. The maximum Gasteiger partial charge on any atom is 0.416 e. The second-order valence-electron chi connectivity index (χ2n) is 4.81. The number of anilines is 1. The Morgan fingerprint density at radius 3 is 2.38 bits per heavy atom. The SMILES string of the molecule is CC(C)C(C(=O)Nc1cc(C(F)(F)F)ccc1Cl)C(N)=S. The van der Waals surface area contributed by atoms with Gasteiger partial charge in [0, 0.05) is 0 Å². The van der Waals surface area contributed by atoms with E-state index in [2.05, 4.69) is 5.32 Å². The molecule has 0 saturated heterocycles. The number of hydrogen-bond donors (Lipinski definition) is 2. The molecule has 3 nitrogen and oxygen atoms in total. The Labute approximate surface area is 130 Å². The smallest absolute Gasteiger partial charge is 0.393 e. The summed E-state index contributed by atoms with van der Waals surface area (Å²) in [7, 11) is 0. The van der Waals surface area contributed by atoms with Crippen LogP contribution >= 0.6 is 23.8 Å². The molecule has 21 heavy (non-hydrogen) atoms. The Morgan fingerprint density at radius 1 is 1.38 bits per heavy atom. The molecule has 3 N–H and O–H groups in total. The zero-order valence-corrected chi connectivity index (χ0v) is 12.9. The summed E-state index contributed by atoms with van der Waals surface area (Å²) in [5, 5.41) is 2.35. The Bertz CT molecular complexity index is 561. The Kier molecular flexibility index (Phi) is 5.58. The van der Waals surface area contributed by atoms with Gasteiger partial charge in [-0.15, -0.1) is 0 Å². The second kappa shape index (κ2) is 6.62. The van der Waals surface area contributed by atoms with E-state index in [9.17, 15) is 18.0 Å². The van der Waals surface area contributed by atoms with E-state index in [4.69, 9.17) is 29.6 Å². The molecule has 1 amide bonds. The first-order chi connectivity index (χ1) is 9.54. The van der Waals surface area contributed by atoms with Crippen LogP contribution in [0, 0.1) is 11.8 Å². The van der Waals surface area contributed by atoms with Crippen LogP contribution in [0.3, 0.4) is 0 Å². The van der Waals surface area contributed by atoms with Crippen LogP contribution in [0.5, 0.6) is 0 Å². The lowest BCUT2D eigenvalue weighted by Gasteiger charge is -2.19. The predicted molar refractivity (Wildman–Crippen MR) is 80.2 cm³/mol. The highest BCUT2D eigenvalue weighted by Gasteiger charge is 2.32. The standard InChI is InChI=1S/C13H14ClF3N2OS/c1-6(2)10(11(18)21)12(20)19-9-5-7(13(15,16)17)3-4-8(9)14/h3-6,10H,1-2H3,(H2,18,21)(H,19,20). The maximum absolute atomic E-state index is 12.7. The number of rotatable bonds is 4. The third kappa shape index (κ3) is 4.57.